The first kappa shape index (κ1) is 5.83. The van der Waals surface area contributed by atoms with Gasteiger partial charge in [-0.3, -0.25) is 0 Å². The first-order chi connectivity index (χ1) is 4.97. The van der Waals surface area contributed by atoms with Crippen LogP contribution < -0.4 is 5.32 Å². The molecule has 2 heterocycles. The van der Waals surface area contributed by atoms with Crippen LogP contribution in [0.15, 0.2) is 12.3 Å². The molecule has 0 fully saturated rings. The lowest BCUT2D eigenvalue weighted by atomic mass is 10.2. The highest BCUT2D eigenvalue weighted by molar-refractivity contribution is 5.48. The van der Waals surface area contributed by atoms with Crippen molar-refractivity contribution >= 4 is 5.69 Å². The molecule has 2 nitrogen and oxygen atoms in total. The zero-order chi connectivity index (χ0) is 6.81. The Morgan fingerprint density at radius 3 is 3.30 bits per heavy atom. The molecule has 0 amide bonds. The maximum Gasteiger partial charge on any atom is 0.0550 e. The third-order valence-corrected chi connectivity index (χ3v) is 2.00. The Morgan fingerprint density at radius 1 is 1.30 bits per heavy atom. The van der Waals surface area contributed by atoms with E-state index in [2.05, 4.69) is 16.4 Å². The summed E-state index contributed by atoms with van der Waals surface area (Å²) in [5.41, 5.74) is 2.68. The third-order valence-electron chi connectivity index (χ3n) is 2.00. The highest BCUT2D eigenvalue weighted by Crippen LogP contribution is 2.18. The van der Waals surface area contributed by atoms with Crippen molar-refractivity contribution < 1.29 is 0 Å². The van der Waals surface area contributed by atoms with Gasteiger partial charge in [0.05, 0.1) is 5.69 Å². The van der Waals surface area contributed by atoms with Gasteiger partial charge in [-0.25, -0.2) is 0 Å². The molecule has 2 heteroatoms. The summed E-state index contributed by atoms with van der Waals surface area (Å²) in [5, 5.41) is 3.37. The minimum Gasteiger partial charge on any atom is -0.384 e. The average Bonchev–Trinajstić information content (AvgIpc) is 2.28. The number of aromatic nitrogens is 1. The Balaban J connectivity index is 2.28. The van der Waals surface area contributed by atoms with Crippen LogP contribution in [0.2, 0.25) is 0 Å². The van der Waals surface area contributed by atoms with E-state index in [1.54, 1.807) is 0 Å². The van der Waals surface area contributed by atoms with Gasteiger partial charge < -0.3 is 10.3 Å². The topological polar surface area (TPSA) is 27.8 Å². The second-order valence-corrected chi connectivity index (χ2v) is 2.75. The number of aromatic amines is 1. The Kier molecular flexibility index (Phi) is 1.38. The molecule has 0 atom stereocenters. The average molecular weight is 136 g/mol. The standard InChI is InChI=1S/C8H12N2/c1-2-5-9-8-4-6-10-7(8)3-1/h4,6,9-10H,1-3,5H2. The van der Waals surface area contributed by atoms with E-state index in [1.807, 2.05) is 6.20 Å². The lowest BCUT2D eigenvalue weighted by Gasteiger charge is -1.98. The molecule has 2 rings (SSSR count). The number of nitrogens with one attached hydrogen (secondary N) is 2. The van der Waals surface area contributed by atoms with E-state index in [9.17, 15) is 0 Å². The minimum atomic E-state index is 1.13. The van der Waals surface area contributed by atoms with Crippen LogP contribution in [0.1, 0.15) is 18.5 Å². The molecule has 1 aromatic rings. The van der Waals surface area contributed by atoms with E-state index in [0.29, 0.717) is 0 Å². The van der Waals surface area contributed by atoms with Crippen molar-refractivity contribution in [2.45, 2.75) is 19.3 Å². The third kappa shape index (κ3) is 0.897. The smallest absolute Gasteiger partial charge is 0.0550 e. The van der Waals surface area contributed by atoms with E-state index < -0.39 is 0 Å². The Bertz CT molecular complexity index is 194. The maximum atomic E-state index is 3.37. The summed E-state index contributed by atoms with van der Waals surface area (Å²) in [6.45, 7) is 1.13. The van der Waals surface area contributed by atoms with E-state index in [4.69, 9.17) is 0 Å². The fourth-order valence-corrected chi connectivity index (χ4v) is 1.43. The summed E-state index contributed by atoms with van der Waals surface area (Å²) in [5.74, 6) is 0. The molecule has 0 bridgehead atoms. The molecule has 1 aliphatic heterocycles. The number of anilines is 1. The van der Waals surface area contributed by atoms with Crippen LogP contribution in [0.4, 0.5) is 5.69 Å². The first-order valence-electron chi connectivity index (χ1n) is 3.87. The number of hydrogen-bond donors (Lipinski definition) is 2. The van der Waals surface area contributed by atoms with Crippen LogP contribution in [-0.2, 0) is 6.42 Å². The molecule has 1 aliphatic rings. The number of hydrogen-bond acceptors (Lipinski definition) is 1. The van der Waals surface area contributed by atoms with Crippen molar-refractivity contribution in [3.05, 3.63) is 18.0 Å². The molecule has 1 aromatic heterocycles. The lowest BCUT2D eigenvalue weighted by molar-refractivity contribution is 0.774. The van der Waals surface area contributed by atoms with Crippen LogP contribution in [0, 0.1) is 0 Å². The highest BCUT2D eigenvalue weighted by atomic mass is 14.9. The van der Waals surface area contributed by atoms with Gasteiger partial charge in [0, 0.05) is 18.4 Å². The van der Waals surface area contributed by atoms with Crippen LogP contribution in [0.3, 0.4) is 0 Å². The van der Waals surface area contributed by atoms with Gasteiger partial charge in [0.15, 0.2) is 0 Å². The summed E-state index contributed by atoms with van der Waals surface area (Å²) >= 11 is 0. The summed E-state index contributed by atoms with van der Waals surface area (Å²) < 4.78 is 0. The number of fused-ring (bicyclic) bond motifs is 1. The summed E-state index contributed by atoms with van der Waals surface area (Å²) in [7, 11) is 0. The van der Waals surface area contributed by atoms with Crippen molar-refractivity contribution in [1.82, 2.24) is 4.98 Å². The monoisotopic (exact) mass is 136 g/mol. The van der Waals surface area contributed by atoms with Gasteiger partial charge in [0.25, 0.3) is 0 Å². The molecule has 0 spiro atoms. The molecule has 54 valence electrons. The summed E-state index contributed by atoms with van der Waals surface area (Å²) in [6, 6.07) is 2.11. The van der Waals surface area contributed by atoms with Crippen LogP contribution in [0.5, 0.6) is 0 Å². The summed E-state index contributed by atoms with van der Waals surface area (Å²) in [4.78, 5) is 3.24. The Hall–Kier alpha value is -0.920. The van der Waals surface area contributed by atoms with Gasteiger partial charge in [-0.2, -0.15) is 0 Å². The molecule has 10 heavy (non-hydrogen) atoms. The molecular formula is C8H12N2. The quantitative estimate of drug-likeness (QED) is 0.559. The first-order valence-corrected chi connectivity index (χ1v) is 3.87. The van der Waals surface area contributed by atoms with E-state index in [0.717, 1.165) is 6.54 Å². The summed E-state index contributed by atoms with van der Waals surface area (Å²) in [6.07, 6.45) is 5.81. The van der Waals surface area contributed by atoms with Gasteiger partial charge in [0.2, 0.25) is 0 Å². The SMILES string of the molecule is c1cc2c([nH]1)CCCCN2. The second-order valence-electron chi connectivity index (χ2n) is 2.75. The van der Waals surface area contributed by atoms with E-state index >= 15 is 0 Å². The van der Waals surface area contributed by atoms with Gasteiger partial charge in [0.1, 0.15) is 0 Å². The fraction of sp³-hybridized carbons (Fsp3) is 0.500. The number of aryl methyl sites for hydroxylation is 1. The Morgan fingerprint density at radius 2 is 2.30 bits per heavy atom. The number of rotatable bonds is 0. The van der Waals surface area contributed by atoms with Crippen LogP contribution in [0.25, 0.3) is 0 Å². The van der Waals surface area contributed by atoms with E-state index in [1.165, 1.54) is 30.6 Å². The van der Waals surface area contributed by atoms with Crippen LogP contribution >= 0.6 is 0 Å². The van der Waals surface area contributed by atoms with Gasteiger partial charge in [-0.15, -0.1) is 0 Å². The van der Waals surface area contributed by atoms with Crippen molar-refractivity contribution in [2.75, 3.05) is 11.9 Å². The maximum absolute atomic E-state index is 3.37. The molecule has 0 saturated heterocycles. The fourth-order valence-electron chi connectivity index (χ4n) is 1.43. The normalized spacial score (nSPS) is 17.2. The highest BCUT2D eigenvalue weighted by Gasteiger charge is 2.05. The zero-order valence-electron chi connectivity index (χ0n) is 5.98. The molecule has 0 aromatic carbocycles. The molecular weight excluding hydrogens is 124 g/mol. The molecule has 0 unspecified atom stereocenters. The Labute approximate surface area is 60.6 Å². The molecule has 2 N–H and O–H groups in total. The van der Waals surface area contributed by atoms with Crippen molar-refractivity contribution in [2.24, 2.45) is 0 Å². The van der Waals surface area contributed by atoms with Gasteiger partial charge in [-0.1, -0.05) is 0 Å². The largest absolute Gasteiger partial charge is 0.384 e. The molecule has 0 aliphatic carbocycles. The predicted molar refractivity (Wildman–Crippen MR) is 42.2 cm³/mol. The molecule has 0 radical (unpaired) electrons. The van der Waals surface area contributed by atoms with Crippen LogP contribution in [-0.4, -0.2) is 11.5 Å². The lowest BCUT2D eigenvalue weighted by Crippen LogP contribution is -1.97. The molecule has 0 saturated carbocycles. The second kappa shape index (κ2) is 2.37. The van der Waals surface area contributed by atoms with Crippen molar-refractivity contribution in [3.8, 4) is 0 Å². The zero-order valence-corrected chi connectivity index (χ0v) is 5.98. The van der Waals surface area contributed by atoms with Crippen molar-refractivity contribution in [1.29, 1.82) is 0 Å². The predicted octanol–water partition coefficient (Wildman–Crippen LogP) is 1.76. The minimum absolute atomic E-state index is 1.13. The van der Waals surface area contributed by atoms with E-state index in [-0.39, 0.29) is 0 Å². The van der Waals surface area contributed by atoms with Gasteiger partial charge >= 0.3 is 0 Å². The van der Waals surface area contributed by atoms with Gasteiger partial charge in [-0.05, 0) is 25.3 Å². The number of H-pyrrole nitrogens is 1. The van der Waals surface area contributed by atoms with Crippen molar-refractivity contribution in [3.63, 3.8) is 0 Å².